The van der Waals surface area contributed by atoms with Gasteiger partial charge in [0, 0.05) is 36.4 Å². The Balaban J connectivity index is 1.64. The highest BCUT2D eigenvalue weighted by atomic mass is 32.2. The van der Waals surface area contributed by atoms with Gasteiger partial charge < -0.3 is 15.3 Å². The van der Waals surface area contributed by atoms with Crippen molar-refractivity contribution < 1.29 is 18.3 Å². The summed E-state index contributed by atoms with van der Waals surface area (Å²) in [5.41, 5.74) is 0.918. The number of sulfonamides is 1. The number of nitrogens with zero attached hydrogens (tertiary/aromatic N) is 2. The van der Waals surface area contributed by atoms with E-state index in [2.05, 4.69) is 19.9 Å². The average Bonchev–Trinajstić information content (AvgIpc) is 3.07. The van der Waals surface area contributed by atoms with Crippen LogP contribution in [-0.4, -0.2) is 43.7 Å². The van der Waals surface area contributed by atoms with E-state index in [0.717, 1.165) is 18.5 Å². The van der Waals surface area contributed by atoms with Crippen LogP contribution in [0.5, 0.6) is 0 Å². The third-order valence-electron chi connectivity index (χ3n) is 3.99. The van der Waals surface area contributed by atoms with E-state index in [1.807, 2.05) is 0 Å². The lowest BCUT2D eigenvalue weighted by atomic mass is 10.0. The van der Waals surface area contributed by atoms with Crippen LogP contribution in [0, 0.1) is 0 Å². The quantitative estimate of drug-likeness (QED) is 0.731. The highest BCUT2D eigenvalue weighted by Gasteiger charge is 2.21. The molecule has 134 valence electrons. The molecule has 1 aliphatic heterocycles. The second-order valence-corrected chi connectivity index (χ2v) is 8.22. The molecule has 0 saturated carbocycles. The van der Waals surface area contributed by atoms with E-state index in [4.69, 9.17) is 5.11 Å². The summed E-state index contributed by atoms with van der Waals surface area (Å²) in [7, 11) is -3.65. The van der Waals surface area contributed by atoms with Crippen LogP contribution in [0.15, 0.2) is 40.7 Å². The van der Waals surface area contributed by atoms with Crippen molar-refractivity contribution in [3.05, 3.63) is 35.8 Å². The summed E-state index contributed by atoms with van der Waals surface area (Å²) >= 11 is 1.22. The number of thiazole rings is 1. The molecule has 3 rings (SSSR count). The van der Waals surface area contributed by atoms with Gasteiger partial charge in [0.2, 0.25) is 0 Å². The number of benzene rings is 1. The first-order valence-corrected chi connectivity index (χ1v) is 10.1. The van der Waals surface area contributed by atoms with Crippen LogP contribution in [0.3, 0.4) is 0 Å². The molecular formula is C15H18N4O4S2. The van der Waals surface area contributed by atoms with E-state index in [0.29, 0.717) is 18.2 Å². The maximum absolute atomic E-state index is 12.3. The maximum atomic E-state index is 12.3. The van der Waals surface area contributed by atoms with Gasteiger partial charge in [-0.3, -0.25) is 4.72 Å². The van der Waals surface area contributed by atoms with E-state index in [-0.39, 0.29) is 10.9 Å². The summed E-state index contributed by atoms with van der Waals surface area (Å²) in [6.45, 7) is 1.43. The van der Waals surface area contributed by atoms with Crippen molar-refractivity contribution in [3.63, 3.8) is 0 Å². The van der Waals surface area contributed by atoms with Gasteiger partial charge in [0.25, 0.3) is 10.0 Å². The Kier molecular flexibility index (Phi) is 5.09. The summed E-state index contributed by atoms with van der Waals surface area (Å²) in [6.07, 6.45) is 1.98. The summed E-state index contributed by atoms with van der Waals surface area (Å²) in [6, 6.07) is 6.62. The van der Waals surface area contributed by atoms with Gasteiger partial charge in [-0.1, -0.05) is 0 Å². The van der Waals surface area contributed by atoms with Gasteiger partial charge >= 0.3 is 6.09 Å². The molecule has 10 heteroatoms. The summed E-state index contributed by atoms with van der Waals surface area (Å²) in [5, 5.41) is 13.3. The van der Waals surface area contributed by atoms with Crippen LogP contribution >= 0.6 is 11.3 Å². The average molecular weight is 382 g/mol. The van der Waals surface area contributed by atoms with Crippen molar-refractivity contribution in [1.82, 2.24) is 10.3 Å². The Labute approximate surface area is 149 Å². The number of anilines is 2. The summed E-state index contributed by atoms with van der Waals surface area (Å²) in [4.78, 5) is 16.9. The van der Waals surface area contributed by atoms with E-state index < -0.39 is 16.1 Å². The Morgan fingerprint density at radius 3 is 2.48 bits per heavy atom. The van der Waals surface area contributed by atoms with Crippen LogP contribution in [0.1, 0.15) is 12.8 Å². The molecule has 3 N–H and O–H groups in total. The molecule has 0 bridgehead atoms. The maximum Gasteiger partial charge on any atom is 0.404 e. The zero-order valence-electron chi connectivity index (χ0n) is 13.3. The van der Waals surface area contributed by atoms with Crippen LogP contribution in [0.25, 0.3) is 0 Å². The molecule has 1 amide bonds. The molecule has 1 fully saturated rings. The Morgan fingerprint density at radius 1 is 1.24 bits per heavy atom. The van der Waals surface area contributed by atoms with Gasteiger partial charge in [0.1, 0.15) is 0 Å². The van der Waals surface area contributed by atoms with Gasteiger partial charge in [0.15, 0.2) is 5.13 Å². The number of rotatable bonds is 5. The normalized spacial score (nSPS) is 15.8. The number of piperidine rings is 1. The fraction of sp³-hybridized carbons (Fsp3) is 0.333. The Bertz CT molecular complexity index is 814. The Morgan fingerprint density at radius 2 is 1.92 bits per heavy atom. The molecule has 2 heterocycles. The van der Waals surface area contributed by atoms with Crippen LogP contribution in [-0.2, 0) is 10.0 Å². The minimum atomic E-state index is -3.65. The van der Waals surface area contributed by atoms with Crippen molar-refractivity contribution in [1.29, 1.82) is 0 Å². The number of nitrogens with one attached hydrogen (secondary N) is 2. The number of aromatic nitrogens is 1. The third-order valence-corrected chi connectivity index (χ3v) is 6.16. The first-order chi connectivity index (χ1) is 11.9. The van der Waals surface area contributed by atoms with Gasteiger partial charge in [-0.15, -0.1) is 11.3 Å². The largest absolute Gasteiger partial charge is 0.465 e. The Hall–Kier alpha value is -2.33. The van der Waals surface area contributed by atoms with Crippen molar-refractivity contribution >= 4 is 38.3 Å². The predicted molar refractivity (Wildman–Crippen MR) is 95.8 cm³/mol. The molecular weight excluding hydrogens is 364 g/mol. The molecule has 0 aliphatic carbocycles. The minimum Gasteiger partial charge on any atom is -0.465 e. The van der Waals surface area contributed by atoms with Gasteiger partial charge in [-0.2, -0.15) is 0 Å². The minimum absolute atomic E-state index is 0.0316. The number of amides is 1. The van der Waals surface area contributed by atoms with Gasteiger partial charge in [0.05, 0.1) is 4.90 Å². The van der Waals surface area contributed by atoms with E-state index in [1.165, 1.54) is 17.5 Å². The lowest BCUT2D eigenvalue weighted by molar-refractivity contribution is 0.187. The second kappa shape index (κ2) is 7.28. The van der Waals surface area contributed by atoms with Crippen molar-refractivity contribution in [2.24, 2.45) is 0 Å². The first kappa shape index (κ1) is 17.5. The lowest BCUT2D eigenvalue weighted by Crippen LogP contribution is -2.44. The smallest absolute Gasteiger partial charge is 0.404 e. The first-order valence-electron chi connectivity index (χ1n) is 7.71. The molecule has 1 saturated heterocycles. The van der Waals surface area contributed by atoms with Gasteiger partial charge in [-0.25, -0.2) is 18.2 Å². The monoisotopic (exact) mass is 382 g/mol. The van der Waals surface area contributed by atoms with Crippen LogP contribution in [0.4, 0.5) is 15.6 Å². The molecule has 1 aliphatic rings. The second-order valence-electron chi connectivity index (χ2n) is 5.65. The topological polar surface area (TPSA) is 112 Å². The van der Waals surface area contributed by atoms with Crippen LogP contribution < -0.4 is 14.9 Å². The standard InChI is InChI=1S/C15H18N4O4S2/c20-15(21)17-11-5-8-19(9-6-11)12-1-3-13(4-2-12)25(22,23)18-14-16-7-10-24-14/h1-4,7,10-11,17H,5-6,8-9H2,(H,16,18)(H,20,21). The SMILES string of the molecule is O=C(O)NC1CCN(c2ccc(S(=O)(=O)Nc3nccs3)cc2)CC1. The predicted octanol–water partition coefficient (Wildman–Crippen LogP) is 2.18. The highest BCUT2D eigenvalue weighted by Crippen LogP contribution is 2.23. The van der Waals surface area contributed by atoms with E-state index in [9.17, 15) is 13.2 Å². The molecule has 0 spiro atoms. The summed E-state index contributed by atoms with van der Waals surface area (Å²) in [5.74, 6) is 0. The lowest BCUT2D eigenvalue weighted by Gasteiger charge is -2.33. The van der Waals surface area contributed by atoms with E-state index in [1.54, 1.807) is 29.6 Å². The van der Waals surface area contributed by atoms with Gasteiger partial charge in [-0.05, 0) is 37.1 Å². The molecule has 25 heavy (non-hydrogen) atoms. The molecule has 0 unspecified atom stereocenters. The number of carboxylic acid groups (broad SMARTS) is 1. The fourth-order valence-electron chi connectivity index (χ4n) is 2.74. The molecule has 8 nitrogen and oxygen atoms in total. The molecule has 0 atom stereocenters. The highest BCUT2D eigenvalue weighted by molar-refractivity contribution is 7.93. The van der Waals surface area contributed by atoms with E-state index >= 15 is 0 Å². The zero-order chi connectivity index (χ0) is 17.9. The van der Waals surface area contributed by atoms with Crippen molar-refractivity contribution in [2.75, 3.05) is 22.7 Å². The zero-order valence-corrected chi connectivity index (χ0v) is 14.9. The molecule has 1 aromatic carbocycles. The number of carbonyl (C=O) groups is 1. The molecule has 2 aromatic rings. The molecule has 0 radical (unpaired) electrons. The number of hydrogen-bond acceptors (Lipinski definition) is 6. The fourth-order valence-corrected chi connectivity index (χ4v) is 4.53. The van der Waals surface area contributed by atoms with Crippen LogP contribution in [0.2, 0.25) is 0 Å². The summed E-state index contributed by atoms with van der Waals surface area (Å²) < 4.78 is 27.1. The van der Waals surface area contributed by atoms with Crippen molar-refractivity contribution in [3.8, 4) is 0 Å². The van der Waals surface area contributed by atoms with Crippen molar-refractivity contribution in [2.45, 2.75) is 23.8 Å². The number of hydrogen-bond donors (Lipinski definition) is 3. The molecule has 1 aromatic heterocycles. The third kappa shape index (κ3) is 4.40.